The zero-order valence-electron chi connectivity index (χ0n) is 11.2. The van der Waals surface area contributed by atoms with Crippen LogP contribution >= 0.6 is 0 Å². The van der Waals surface area contributed by atoms with Gasteiger partial charge in [0.05, 0.1) is 6.10 Å². The number of hydrogen-bond acceptors (Lipinski definition) is 2. The molecule has 0 amide bonds. The van der Waals surface area contributed by atoms with Crippen LogP contribution in [-0.2, 0) is 9.53 Å². The number of benzene rings is 1. The molecular formula is C16H20O3. The summed E-state index contributed by atoms with van der Waals surface area (Å²) in [6.45, 7) is 0. The lowest BCUT2D eigenvalue weighted by molar-refractivity contribution is -0.131. The number of carboxylic acids is 1. The highest BCUT2D eigenvalue weighted by Crippen LogP contribution is 2.33. The summed E-state index contributed by atoms with van der Waals surface area (Å²) in [6, 6.07) is 8.19. The molecule has 3 nitrogen and oxygen atoms in total. The van der Waals surface area contributed by atoms with Crippen molar-refractivity contribution in [2.24, 2.45) is 0 Å². The van der Waals surface area contributed by atoms with Gasteiger partial charge in [-0.3, -0.25) is 0 Å². The molecule has 19 heavy (non-hydrogen) atoms. The van der Waals surface area contributed by atoms with Crippen LogP contribution in [0.4, 0.5) is 0 Å². The lowest BCUT2D eigenvalue weighted by Crippen LogP contribution is -2.19. The monoisotopic (exact) mass is 260 g/mol. The van der Waals surface area contributed by atoms with Crippen molar-refractivity contribution >= 4 is 12.0 Å². The molecule has 0 saturated heterocycles. The Kier molecular flexibility index (Phi) is 4.74. The summed E-state index contributed by atoms with van der Waals surface area (Å²) in [5.74, 6) is -0.300. The molecule has 0 heterocycles. The molecule has 1 aliphatic carbocycles. The highest BCUT2D eigenvalue weighted by molar-refractivity contribution is 5.85. The summed E-state index contributed by atoms with van der Waals surface area (Å²) in [5.41, 5.74) is 2.28. The summed E-state index contributed by atoms with van der Waals surface area (Å²) in [7, 11) is 1.79. The van der Waals surface area contributed by atoms with Crippen LogP contribution in [0.25, 0.3) is 6.08 Å². The Morgan fingerprint density at radius 2 is 1.84 bits per heavy atom. The first-order valence-corrected chi connectivity index (χ1v) is 6.73. The molecule has 0 bridgehead atoms. The number of ether oxygens (including phenoxy) is 1. The van der Waals surface area contributed by atoms with Crippen molar-refractivity contribution in [2.75, 3.05) is 7.11 Å². The Labute approximate surface area is 113 Å². The first kappa shape index (κ1) is 13.8. The van der Waals surface area contributed by atoms with Gasteiger partial charge in [0.1, 0.15) is 0 Å². The lowest BCUT2D eigenvalue weighted by Gasteiger charge is -2.27. The number of rotatable bonds is 4. The molecule has 102 valence electrons. The van der Waals surface area contributed by atoms with E-state index in [2.05, 4.69) is 12.1 Å². The van der Waals surface area contributed by atoms with E-state index in [0.29, 0.717) is 12.0 Å². The van der Waals surface area contributed by atoms with E-state index in [1.54, 1.807) is 13.2 Å². The molecule has 0 aromatic heterocycles. The molecule has 1 N–H and O–H groups in total. The average molecular weight is 260 g/mol. The molecule has 0 spiro atoms. The first-order valence-electron chi connectivity index (χ1n) is 6.73. The van der Waals surface area contributed by atoms with E-state index in [4.69, 9.17) is 9.84 Å². The van der Waals surface area contributed by atoms with Crippen LogP contribution in [0.2, 0.25) is 0 Å². The maximum atomic E-state index is 10.4. The number of hydrogen-bond donors (Lipinski definition) is 1. The van der Waals surface area contributed by atoms with Gasteiger partial charge in [-0.1, -0.05) is 24.3 Å². The maximum Gasteiger partial charge on any atom is 0.328 e. The second kappa shape index (κ2) is 6.53. The fourth-order valence-electron chi connectivity index (χ4n) is 2.68. The van der Waals surface area contributed by atoms with E-state index < -0.39 is 5.97 Å². The van der Waals surface area contributed by atoms with Gasteiger partial charge in [0.2, 0.25) is 0 Å². The van der Waals surface area contributed by atoms with Crippen LogP contribution in [0.3, 0.4) is 0 Å². The van der Waals surface area contributed by atoms with Crippen LogP contribution in [0.5, 0.6) is 0 Å². The van der Waals surface area contributed by atoms with Crippen molar-refractivity contribution in [3.63, 3.8) is 0 Å². The SMILES string of the molecule is COC1CCC(c2ccc(/C=C\C(=O)O)cc2)CC1. The summed E-state index contributed by atoms with van der Waals surface area (Å²) in [4.78, 5) is 10.4. The Bertz CT molecular complexity index is 440. The van der Waals surface area contributed by atoms with Gasteiger partial charge in [-0.2, -0.15) is 0 Å². The van der Waals surface area contributed by atoms with Gasteiger partial charge in [-0.05, 0) is 48.8 Å². The van der Waals surface area contributed by atoms with Crippen LogP contribution in [-0.4, -0.2) is 24.3 Å². The highest BCUT2D eigenvalue weighted by atomic mass is 16.5. The Morgan fingerprint density at radius 1 is 1.21 bits per heavy atom. The van der Waals surface area contributed by atoms with Gasteiger partial charge < -0.3 is 9.84 Å². The molecule has 0 radical (unpaired) electrons. The molecule has 1 saturated carbocycles. The highest BCUT2D eigenvalue weighted by Gasteiger charge is 2.21. The second-order valence-electron chi connectivity index (χ2n) is 5.05. The minimum Gasteiger partial charge on any atom is -0.478 e. The number of carbonyl (C=O) groups is 1. The van der Waals surface area contributed by atoms with E-state index in [1.807, 2.05) is 12.1 Å². The van der Waals surface area contributed by atoms with E-state index >= 15 is 0 Å². The van der Waals surface area contributed by atoms with Crippen molar-refractivity contribution in [2.45, 2.75) is 37.7 Å². The maximum absolute atomic E-state index is 10.4. The lowest BCUT2D eigenvalue weighted by atomic mass is 9.82. The molecule has 1 aromatic carbocycles. The van der Waals surface area contributed by atoms with Crippen molar-refractivity contribution in [1.82, 2.24) is 0 Å². The second-order valence-corrected chi connectivity index (χ2v) is 5.05. The van der Waals surface area contributed by atoms with E-state index in [-0.39, 0.29) is 0 Å². The first-order chi connectivity index (χ1) is 9.19. The van der Waals surface area contributed by atoms with Crippen LogP contribution < -0.4 is 0 Å². The molecule has 0 unspecified atom stereocenters. The van der Waals surface area contributed by atoms with Gasteiger partial charge >= 0.3 is 5.97 Å². The molecule has 1 aromatic rings. The fraction of sp³-hybridized carbons (Fsp3) is 0.438. The van der Waals surface area contributed by atoms with E-state index in [0.717, 1.165) is 18.4 Å². The van der Waals surface area contributed by atoms with Gasteiger partial charge in [-0.15, -0.1) is 0 Å². The standard InChI is InChI=1S/C16H20O3/c1-19-15-9-7-14(8-10-15)13-5-2-12(3-6-13)4-11-16(17)18/h2-6,11,14-15H,7-10H2,1H3,(H,17,18)/b11-4-. The quantitative estimate of drug-likeness (QED) is 0.843. The minimum absolute atomic E-state index is 0.425. The number of aliphatic carboxylic acids is 1. The third-order valence-corrected chi connectivity index (χ3v) is 3.83. The zero-order chi connectivity index (χ0) is 13.7. The predicted octanol–water partition coefficient (Wildman–Crippen LogP) is 3.46. The van der Waals surface area contributed by atoms with Gasteiger partial charge in [0.15, 0.2) is 0 Å². The van der Waals surface area contributed by atoms with Gasteiger partial charge in [-0.25, -0.2) is 4.79 Å². The third kappa shape index (κ3) is 3.93. The van der Waals surface area contributed by atoms with Crippen molar-refractivity contribution < 1.29 is 14.6 Å². The summed E-state index contributed by atoms with van der Waals surface area (Å²) in [6.07, 6.45) is 7.80. The molecule has 3 heteroatoms. The smallest absolute Gasteiger partial charge is 0.328 e. The van der Waals surface area contributed by atoms with Crippen LogP contribution in [0, 0.1) is 0 Å². The molecule has 1 aliphatic rings. The van der Waals surface area contributed by atoms with Crippen molar-refractivity contribution in [1.29, 1.82) is 0 Å². The van der Waals surface area contributed by atoms with Gasteiger partial charge in [0, 0.05) is 13.2 Å². The van der Waals surface area contributed by atoms with Crippen LogP contribution in [0.1, 0.15) is 42.7 Å². The minimum atomic E-state index is -0.915. The van der Waals surface area contributed by atoms with Crippen molar-refractivity contribution in [3.8, 4) is 0 Å². The molecular weight excluding hydrogens is 240 g/mol. The van der Waals surface area contributed by atoms with Crippen LogP contribution in [0.15, 0.2) is 30.3 Å². The Morgan fingerprint density at radius 3 is 2.37 bits per heavy atom. The Balaban J connectivity index is 1.97. The fourth-order valence-corrected chi connectivity index (χ4v) is 2.68. The largest absolute Gasteiger partial charge is 0.478 e. The number of methoxy groups -OCH3 is 1. The van der Waals surface area contributed by atoms with Crippen molar-refractivity contribution in [3.05, 3.63) is 41.5 Å². The summed E-state index contributed by atoms with van der Waals surface area (Å²) < 4.78 is 5.38. The summed E-state index contributed by atoms with van der Waals surface area (Å²) >= 11 is 0. The summed E-state index contributed by atoms with van der Waals surface area (Å²) in [5, 5.41) is 8.58. The molecule has 2 rings (SSSR count). The molecule has 1 fully saturated rings. The predicted molar refractivity (Wildman–Crippen MR) is 75.1 cm³/mol. The molecule has 0 atom stereocenters. The normalized spacial score (nSPS) is 23.6. The van der Waals surface area contributed by atoms with E-state index in [9.17, 15) is 4.79 Å². The average Bonchev–Trinajstić information content (AvgIpc) is 2.46. The topological polar surface area (TPSA) is 46.5 Å². The van der Waals surface area contributed by atoms with Gasteiger partial charge in [0.25, 0.3) is 0 Å². The Hall–Kier alpha value is -1.61. The number of carboxylic acid groups (broad SMARTS) is 1. The zero-order valence-corrected chi connectivity index (χ0v) is 11.2. The third-order valence-electron chi connectivity index (χ3n) is 3.83. The van der Waals surface area contributed by atoms with E-state index in [1.165, 1.54) is 24.5 Å². The molecule has 0 aliphatic heterocycles.